The van der Waals surface area contributed by atoms with Gasteiger partial charge in [-0.05, 0) is 121 Å². The maximum atomic E-state index is 14.6. The van der Waals surface area contributed by atoms with Crippen LogP contribution in [0.2, 0.25) is 0 Å². The molecule has 0 aliphatic carbocycles. The summed E-state index contributed by atoms with van der Waals surface area (Å²) in [4.78, 5) is 49.1. The molecule has 6 N–H and O–H groups in total. The van der Waals surface area contributed by atoms with Crippen LogP contribution in [0.5, 0.6) is 0 Å². The Morgan fingerprint density at radius 1 is 0.586 bits per heavy atom. The van der Waals surface area contributed by atoms with Gasteiger partial charge in [-0.2, -0.15) is 52.7 Å². The van der Waals surface area contributed by atoms with Gasteiger partial charge in [0.05, 0.1) is 32.0 Å². The number of allylic oxidation sites excluding steroid dienone is 1. The van der Waals surface area contributed by atoms with Crippen molar-refractivity contribution < 1.29 is 101 Å². The summed E-state index contributed by atoms with van der Waals surface area (Å²) >= 11 is 0. The van der Waals surface area contributed by atoms with Gasteiger partial charge < -0.3 is 31.1 Å². The van der Waals surface area contributed by atoms with Crippen molar-refractivity contribution in [3.63, 3.8) is 0 Å². The van der Waals surface area contributed by atoms with Gasteiger partial charge in [0.15, 0.2) is 0 Å². The van der Waals surface area contributed by atoms with E-state index in [2.05, 4.69) is 11.9 Å². The number of nitrogens with one attached hydrogen (secondary N) is 2. The summed E-state index contributed by atoms with van der Waals surface area (Å²) in [5.41, 5.74) is -24.7. The number of aliphatic hydroxyl groups is 2. The van der Waals surface area contributed by atoms with E-state index in [1.54, 1.807) is 12.2 Å². The quantitative estimate of drug-likeness (QED) is 0.0621. The van der Waals surface area contributed by atoms with Gasteiger partial charge in [0.25, 0.3) is 23.0 Å². The van der Waals surface area contributed by atoms with E-state index in [0.717, 1.165) is 32.0 Å². The molecule has 0 saturated carbocycles. The standard InChI is InChI=1S/C45H40F12N2O10S/c1-7-22(6)58-36(60)26-12-10-24(16-31(26)38(62)63)70(68,69)25-11-13-27(32(17-25)39(64)65)37(61)59-35-15-21(5)29(19-34(35)41(67,44(52,53)54)45(55,56)57)28-18-33(30(14-20(28)4)23(8-2)9-3)40(66,42(46,47)48)43(49,50)51/h10-19,23,66-67H,6-9H2,1-5H3,(H,58,60)(H,59,61)(H,62,63)(H,64,65). The van der Waals surface area contributed by atoms with Gasteiger partial charge in [-0.3, -0.25) is 9.59 Å². The summed E-state index contributed by atoms with van der Waals surface area (Å²) in [6, 6.07) is 4.41. The molecule has 0 aliphatic rings. The van der Waals surface area contributed by atoms with Crippen molar-refractivity contribution in [2.45, 2.75) is 105 Å². The number of rotatable bonds is 15. The number of carboxylic acids is 2. The zero-order chi connectivity index (χ0) is 53.7. The molecule has 0 aromatic heterocycles. The zero-order valence-electron chi connectivity index (χ0n) is 36.9. The van der Waals surface area contributed by atoms with E-state index in [-0.39, 0.29) is 42.7 Å². The number of alkyl halides is 12. The molecule has 0 bridgehead atoms. The molecule has 2 amide bonds. The Hall–Kier alpha value is -6.47. The molecule has 4 aromatic carbocycles. The molecule has 70 heavy (non-hydrogen) atoms. The van der Waals surface area contributed by atoms with E-state index in [1.165, 1.54) is 13.8 Å². The average molecular weight is 1030 g/mol. The van der Waals surface area contributed by atoms with Crippen LogP contribution in [0, 0.1) is 13.8 Å². The maximum Gasteiger partial charge on any atom is 0.430 e. The van der Waals surface area contributed by atoms with Gasteiger partial charge in [-0.25, -0.2) is 18.0 Å². The maximum absolute atomic E-state index is 14.6. The first-order chi connectivity index (χ1) is 31.9. The molecular formula is C45H40F12N2O10S. The molecule has 25 heteroatoms. The van der Waals surface area contributed by atoms with Crippen molar-refractivity contribution in [2.24, 2.45) is 0 Å². The molecule has 0 unspecified atom stereocenters. The predicted molar refractivity (Wildman–Crippen MR) is 224 cm³/mol. The van der Waals surface area contributed by atoms with Crippen LogP contribution in [0.15, 0.2) is 82.7 Å². The lowest BCUT2D eigenvalue weighted by molar-refractivity contribution is -0.376. The molecule has 380 valence electrons. The minimum atomic E-state index is -6.78. The van der Waals surface area contributed by atoms with E-state index in [4.69, 9.17) is 0 Å². The highest BCUT2D eigenvalue weighted by molar-refractivity contribution is 7.91. The summed E-state index contributed by atoms with van der Waals surface area (Å²) in [5.74, 6) is -7.93. The molecule has 4 rings (SSSR count). The van der Waals surface area contributed by atoms with Gasteiger partial charge in [0.1, 0.15) is 0 Å². The van der Waals surface area contributed by atoms with Crippen molar-refractivity contribution >= 4 is 39.3 Å². The topological polar surface area (TPSA) is 207 Å². The lowest BCUT2D eigenvalue weighted by Crippen LogP contribution is -2.54. The van der Waals surface area contributed by atoms with E-state index in [1.807, 2.05) is 0 Å². The number of hydrogen-bond donors (Lipinski definition) is 6. The van der Waals surface area contributed by atoms with E-state index >= 15 is 0 Å². The normalized spacial score (nSPS) is 13.0. The second-order valence-electron chi connectivity index (χ2n) is 15.8. The Balaban J connectivity index is 2.01. The first-order valence-electron chi connectivity index (χ1n) is 20.2. The molecule has 0 saturated heterocycles. The minimum absolute atomic E-state index is 0.0990. The van der Waals surface area contributed by atoms with Crippen LogP contribution >= 0.6 is 0 Å². The monoisotopic (exact) mass is 1030 g/mol. The van der Waals surface area contributed by atoms with Crippen molar-refractivity contribution in [1.29, 1.82) is 0 Å². The fourth-order valence-corrected chi connectivity index (χ4v) is 8.82. The number of aryl methyl sites for hydroxylation is 2. The number of benzene rings is 4. The van der Waals surface area contributed by atoms with Crippen LogP contribution in [-0.2, 0) is 21.0 Å². The zero-order valence-corrected chi connectivity index (χ0v) is 37.7. The van der Waals surface area contributed by atoms with Crippen LogP contribution in [0.3, 0.4) is 0 Å². The Kier molecular flexibility index (Phi) is 15.5. The molecule has 0 fully saturated rings. The van der Waals surface area contributed by atoms with Crippen LogP contribution in [0.1, 0.15) is 115 Å². The van der Waals surface area contributed by atoms with Crippen molar-refractivity contribution in [2.75, 3.05) is 5.32 Å². The number of anilines is 1. The van der Waals surface area contributed by atoms with Crippen LogP contribution < -0.4 is 10.6 Å². The van der Waals surface area contributed by atoms with Crippen molar-refractivity contribution in [3.05, 3.63) is 123 Å². The Morgan fingerprint density at radius 2 is 0.971 bits per heavy atom. The summed E-state index contributed by atoms with van der Waals surface area (Å²) in [7, 11) is -4.99. The molecule has 0 heterocycles. The van der Waals surface area contributed by atoms with Crippen LogP contribution in [-0.4, -0.2) is 77.3 Å². The molecule has 12 nitrogen and oxygen atoms in total. The first kappa shape index (κ1) is 56.1. The largest absolute Gasteiger partial charge is 0.478 e. The fraction of sp³-hybridized carbons (Fsp3) is 0.333. The summed E-state index contributed by atoms with van der Waals surface area (Å²) in [6.07, 6.45) is -26.6. The second-order valence-corrected chi connectivity index (χ2v) is 17.7. The predicted octanol–water partition coefficient (Wildman–Crippen LogP) is 10.6. The van der Waals surface area contributed by atoms with Crippen LogP contribution in [0.25, 0.3) is 11.1 Å². The molecule has 0 spiro atoms. The Morgan fingerprint density at radius 3 is 1.36 bits per heavy atom. The number of halogens is 12. The third kappa shape index (κ3) is 10.1. The van der Waals surface area contributed by atoms with Crippen molar-refractivity contribution in [3.8, 4) is 11.1 Å². The number of hydrogen-bond acceptors (Lipinski definition) is 8. The molecule has 0 aliphatic heterocycles. The van der Waals surface area contributed by atoms with Gasteiger partial charge in [0.2, 0.25) is 9.84 Å². The number of aromatic carboxylic acids is 2. The van der Waals surface area contributed by atoms with Gasteiger partial charge in [0, 0.05) is 22.5 Å². The number of carbonyl (C=O) groups is 4. The number of carbonyl (C=O) groups excluding carboxylic acids is 2. The highest BCUT2D eigenvalue weighted by Crippen LogP contribution is 2.56. The second kappa shape index (κ2) is 19.4. The van der Waals surface area contributed by atoms with E-state index in [9.17, 15) is 101 Å². The first-order valence-corrected chi connectivity index (χ1v) is 21.7. The molecular weight excluding hydrogens is 989 g/mol. The summed E-state index contributed by atoms with van der Waals surface area (Å²) in [6.45, 7) is 9.81. The minimum Gasteiger partial charge on any atom is -0.478 e. The van der Waals surface area contributed by atoms with Gasteiger partial charge in [-0.1, -0.05) is 33.4 Å². The molecule has 0 radical (unpaired) electrons. The number of amides is 2. The highest BCUT2D eigenvalue weighted by Gasteiger charge is 2.73. The average Bonchev–Trinajstić information content (AvgIpc) is 3.24. The third-order valence-corrected chi connectivity index (χ3v) is 13.2. The Bertz CT molecular complexity index is 2860. The Labute approximate surface area is 389 Å². The highest BCUT2D eigenvalue weighted by atomic mass is 32.2. The van der Waals surface area contributed by atoms with E-state index in [0.29, 0.717) is 30.3 Å². The molecule has 4 aromatic rings. The number of carboxylic acid groups (broad SMARTS) is 2. The van der Waals surface area contributed by atoms with Gasteiger partial charge >= 0.3 is 36.6 Å². The summed E-state index contributed by atoms with van der Waals surface area (Å²) in [5, 5.41) is 45.0. The van der Waals surface area contributed by atoms with Gasteiger partial charge in [-0.15, -0.1) is 0 Å². The molecule has 0 atom stereocenters. The SMILES string of the molecule is C=C(CC)NC(=O)c1ccc(S(=O)(=O)c2ccc(C(=O)Nc3cc(C)c(-c4cc(C(O)(C(F)(F)F)C(F)(F)F)c(C(CC)CC)cc4C)cc3C(O)(C(F)(F)F)C(F)(F)F)c(C(=O)O)c2)cc1C(=O)O. The smallest absolute Gasteiger partial charge is 0.430 e. The van der Waals surface area contributed by atoms with Crippen LogP contribution in [0.4, 0.5) is 58.4 Å². The lowest BCUT2D eigenvalue weighted by atomic mass is 9.78. The fourth-order valence-electron chi connectivity index (χ4n) is 7.51. The lowest BCUT2D eigenvalue weighted by Gasteiger charge is -2.36. The van der Waals surface area contributed by atoms with E-state index < -0.39 is 147 Å². The van der Waals surface area contributed by atoms with Crippen molar-refractivity contribution in [1.82, 2.24) is 5.32 Å². The third-order valence-electron chi connectivity index (χ3n) is 11.4. The number of sulfone groups is 1. The summed E-state index contributed by atoms with van der Waals surface area (Å²) < 4.78 is 202.